The zero-order valence-corrected chi connectivity index (χ0v) is 9.12. The molecule has 6 nitrogen and oxygen atoms in total. The van der Waals surface area contributed by atoms with Gasteiger partial charge < -0.3 is 4.98 Å². The van der Waals surface area contributed by atoms with Crippen LogP contribution in [0.5, 0.6) is 0 Å². The van der Waals surface area contributed by atoms with Gasteiger partial charge >= 0.3 is 0 Å². The van der Waals surface area contributed by atoms with E-state index in [1.165, 1.54) is 30.3 Å². The first kappa shape index (κ1) is 11.7. The lowest BCUT2D eigenvalue weighted by atomic mass is 10.1. The highest BCUT2D eigenvalue weighted by Gasteiger charge is 2.08. The van der Waals surface area contributed by atoms with Gasteiger partial charge in [0.2, 0.25) is 0 Å². The Morgan fingerprint density at radius 2 is 2.00 bits per heavy atom. The van der Waals surface area contributed by atoms with Crippen molar-refractivity contribution >= 4 is 12.0 Å². The van der Waals surface area contributed by atoms with Crippen LogP contribution in [0.1, 0.15) is 10.4 Å². The minimum absolute atomic E-state index is 0.0178. The van der Waals surface area contributed by atoms with Crippen molar-refractivity contribution in [1.29, 1.82) is 0 Å². The van der Waals surface area contributed by atoms with E-state index in [1.807, 2.05) is 0 Å². The van der Waals surface area contributed by atoms with Crippen LogP contribution in [-0.4, -0.2) is 16.2 Å². The molecule has 0 atom stereocenters. The van der Waals surface area contributed by atoms with Gasteiger partial charge in [-0.25, -0.2) is 0 Å². The van der Waals surface area contributed by atoms with Gasteiger partial charge in [-0.3, -0.25) is 19.7 Å². The highest BCUT2D eigenvalue weighted by Crippen LogP contribution is 2.21. The average molecular weight is 244 g/mol. The van der Waals surface area contributed by atoms with Gasteiger partial charge in [-0.05, 0) is 12.1 Å². The summed E-state index contributed by atoms with van der Waals surface area (Å²) < 4.78 is 0. The number of rotatable bonds is 3. The molecule has 18 heavy (non-hydrogen) atoms. The summed E-state index contributed by atoms with van der Waals surface area (Å²) in [5.41, 5.74) is 0.374. The second-order valence-electron chi connectivity index (χ2n) is 3.58. The van der Waals surface area contributed by atoms with Crippen LogP contribution in [0.15, 0.2) is 41.2 Å². The highest BCUT2D eigenvalue weighted by atomic mass is 16.6. The first-order chi connectivity index (χ1) is 8.61. The largest absolute Gasteiger partial charge is 0.321 e. The number of hydrogen-bond donors (Lipinski definition) is 1. The third-order valence-corrected chi connectivity index (χ3v) is 2.43. The summed E-state index contributed by atoms with van der Waals surface area (Å²) in [5, 5.41) is 10.6. The number of hydrogen-bond acceptors (Lipinski definition) is 4. The third kappa shape index (κ3) is 2.17. The van der Waals surface area contributed by atoms with Crippen LogP contribution in [0, 0.1) is 10.1 Å². The molecule has 1 aromatic carbocycles. The Kier molecular flexibility index (Phi) is 3.01. The summed E-state index contributed by atoms with van der Waals surface area (Å²) >= 11 is 0. The molecular weight excluding hydrogens is 236 g/mol. The van der Waals surface area contributed by atoms with E-state index in [4.69, 9.17) is 0 Å². The predicted molar refractivity (Wildman–Crippen MR) is 64.5 cm³/mol. The number of aromatic nitrogens is 1. The molecule has 1 aromatic heterocycles. The number of benzene rings is 1. The minimum Gasteiger partial charge on any atom is -0.321 e. The topological polar surface area (TPSA) is 93.1 Å². The monoisotopic (exact) mass is 244 g/mol. The van der Waals surface area contributed by atoms with E-state index in [-0.39, 0.29) is 11.3 Å². The van der Waals surface area contributed by atoms with E-state index >= 15 is 0 Å². The molecule has 0 saturated carbocycles. The Balaban J connectivity index is 2.52. The first-order valence-electron chi connectivity index (χ1n) is 5.05. The fourth-order valence-electron chi connectivity index (χ4n) is 1.53. The molecule has 0 fully saturated rings. The molecule has 0 amide bonds. The molecule has 2 rings (SSSR count). The first-order valence-corrected chi connectivity index (χ1v) is 5.05. The zero-order chi connectivity index (χ0) is 13.1. The standard InChI is InChI=1S/C12H8N2O4/c15-7-9-4-5-11(13-12(9)16)8-2-1-3-10(6-8)14(17)18/h1-7H,(H,13,16). The van der Waals surface area contributed by atoms with Crippen LogP contribution >= 0.6 is 0 Å². The highest BCUT2D eigenvalue weighted by molar-refractivity contribution is 5.75. The van der Waals surface area contributed by atoms with Gasteiger partial charge in [-0.1, -0.05) is 12.1 Å². The Morgan fingerprint density at radius 1 is 1.22 bits per heavy atom. The fourth-order valence-corrected chi connectivity index (χ4v) is 1.53. The summed E-state index contributed by atoms with van der Waals surface area (Å²) in [6.45, 7) is 0. The molecule has 2 aromatic rings. The van der Waals surface area contributed by atoms with Crippen molar-refractivity contribution in [3.63, 3.8) is 0 Å². The van der Waals surface area contributed by atoms with Crippen LogP contribution in [0.4, 0.5) is 5.69 Å². The molecular formula is C12H8N2O4. The fraction of sp³-hybridized carbons (Fsp3) is 0. The Hall–Kier alpha value is -2.76. The number of nitrogens with one attached hydrogen (secondary N) is 1. The minimum atomic E-state index is -0.519. The van der Waals surface area contributed by atoms with E-state index < -0.39 is 10.5 Å². The molecule has 90 valence electrons. The van der Waals surface area contributed by atoms with Gasteiger partial charge in [0.15, 0.2) is 6.29 Å². The molecule has 0 aliphatic heterocycles. The van der Waals surface area contributed by atoms with Gasteiger partial charge in [-0.15, -0.1) is 0 Å². The number of carbonyl (C=O) groups excluding carboxylic acids is 1. The van der Waals surface area contributed by atoms with E-state index in [0.717, 1.165) is 0 Å². The van der Waals surface area contributed by atoms with Crippen LogP contribution in [0.3, 0.4) is 0 Å². The van der Waals surface area contributed by atoms with Gasteiger partial charge in [0.25, 0.3) is 11.2 Å². The molecule has 0 radical (unpaired) electrons. The van der Waals surface area contributed by atoms with Crippen LogP contribution in [0.2, 0.25) is 0 Å². The summed E-state index contributed by atoms with van der Waals surface area (Å²) in [4.78, 5) is 34.6. The van der Waals surface area contributed by atoms with E-state index in [9.17, 15) is 19.7 Å². The van der Waals surface area contributed by atoms with Gasteiger partial charge in [0, 0.05) is 23.4 Å². The predicted octanol–water partition coefficient (Wildman–Crippen LogP) is 1.76. The van der Waals surface area contributed by atoms with E-state index in [1.54, 1.807) is 6.07 Å². The van der Waals surface area contributed by atoms with Gasteiger partial charge in [-0.2, -0.15) is 0 Å². The summed E-state index contributed by atoms with van der Waals surface area (Å²) in [5.74, 6) is 0. The Bertz CT molecular complexity index is 676. The molecule has 6 heteroatoms. The number of H-pyrrole nitrogens is 1. The number of nitro groups is 1. The Labute approximate surface area is 101 Å². The second-order valence-corrected chi connectivity index (χ2v) is 3.58. The molecule has 0 aliphatic rings. The number of nitrogens with zero attached hydrogens (tertiary/aromatic N) is 1. The van der Waals surface area contributed by atoms with Crippen molar-refractivity contribution in [1.82, 2.24) is 4.98 Å². The van der Waals surface area contributed by atoms with Gasteiger partial charge in [0.1, 0.15) is 0 Å². The molecule has 1 heterocycles. The van der Waals surface area contributed by atoms with E-state index in [2.05, 4.69) is 4.98 Å². The summed E-state index contributed by atoms with van der Waals surface area (Å²) in [6.07, 6.45) is 0.454. The quantitative estimate of drug-likeness (QED) is 0.505. The second kappa shape index (κ2) is 4.62. The lowest BCUT2D eigenvalue weighted by molar-refractivity contribution is -0.384. The normalized spacial score (nSPS) is 10.0. The average Bonchev–Trinajstić information content (AvgIpc) is 2.38. The molecule has 0 saturated heterocycles. The summed E-state index contributed by atoms with van der Waals surface area (Å²) in [6, 6.07) is 8.79. The van der Waals surface area contributed by atoms with Crippen molar-refractivity contribution in [2.75, 3.05) is 0 Å². The maximum absolute atomic E-state index is 11.4. The van der Waals surface area contributed by atoms with Crippen LogP contribution in [0.25, 0.3) is 11.3 Å². The van der Waals surface area contributed by atoms with Crippen molar-refractivity contribution in [2.24, 2.45) is 0 Å². The molecule has 0 aliphatic carbocycles. The van der Waals surface area contributed by atoms with Crippen LogP contribution in [-0.2, 0) is 0 Å². The number of carbonyl (C=O) groups is 1. The molecule has 1 N–H and O–H groups in total. The number of aldehydes is 1. The number of pyridine rings is 1. The van der Waals surface area contributed by atoms with E-state index in [0.29, 0.717) is 17.5 Å². The lowest BCUT2D eigenvalue weighted by Gasteiger charge is -2.01. The SMILES string of the molecule is O=Cc1ccc(-c2cccc([N+](=O)[O-])c2)[nH]c1=O. The van der Waals surface area contributed by atoms with Crippen molar-refractivity contribution < 1.29 is 9.72 Å². The molecule has 0 bridgehead atoms. The Morgan fingerprint density at radius 3 is 2.61 bits per heavy atom. The number of nitro benzene ring substituents is 1. The number of non-ortho nitro benzene ring substituents is 1. The van der Waals surface area contributed by atoms with Crippen molar-refractivity contribution in [2.45, 2.75) is 0 Å². The van der Waals surface area contributed by atoms with Crippen molar-refractivity contribution in [3.8, 4) is 11.3 Å². The number of aromatic amines is 1. The van der Waals surface area contributed by atoms with Crippen LogP contribution < -0.4 is 5.56 Å². The lowest BCUT2D eigenvalue weighted by Crippen LogP contribution is -2.11. The smallest absolute Gasteiger partial charge is 0.270 e. The molecule has 0 unspecified atom stereocenters. The van der Waals surface area contributed by atoms with Crippen molar-refractivity contribution in [3.05, 3.63) is 62.4 Å². The maximum atomic E-state index is 11.4. The third-order valence-electron chi connectivity index (χ3n) is 2.43. The summed E-state index contributed by atoms with van der Waals surface area (Å²) in [7, 11) is 0. The van der Waals surface area contributed by atoms with Gasteiger partial charge in [0.05, 0.1) is 10.5 Å². The zero-order valence-electron chi connectivity index (χ0n) is 9.12. The maximum Gasteiger partial charge on any atom is 0.270 e. The molecule has 0 spiro atoms.